The van der Waals surface area contributed by atoms with Gasteiger partial charge in [-0.25, -0.2) is 9.97 Å². The van der Waals surface area contributed by atoms with Crippen LogP contribution in [-0.2, 0) is 0 Å². The first-order chi connectivity index (χ1) is 16.3. The Morgan fingerprint density at radius 1 is 1.09 bits per heavy atom. The van der Waals surface area contributed by atoms with E-state index in [0.29, 0.717) is 22.8 Å². The molecule has 0 spiro atoms. The molecule has 2 saturated heterocycles. The lowest BCUT2D eigenvalue weighted by Crippen LogP contribution is -2.30. The zero-order valence-corrected chi connectivity index (χ0v) is 18.5. The third kappa shape index (κ3) is 3.82. The lowest BCUT2D eigenvalue weighted by atomic mass is 10.1. The average Bonchev–Trinajstić information content (AvgIpc) is 3.51. The van der Waals surface area contributed by atoms with Crippen molar-refractivity contribution >= 4 is 39.3 Å². The van der Waals surface area contributed by atoms with Crippen LogP contribution in [0.25, 0.3) is 22.1 Å². The molecule has 1 aromatic carbocycles. The van der Waals surface area contributed by atoms with E-state index in [4.69, 9.17) is 5.10 Å². The maximum atomic E-state index is 13.3. The van der Waals surface area contributed by atoms with Gasteiger partial charge in [-0.15, -0.1) is 0 Å². The predicted molar refractivity (Wildman–Crippen MR) is 129 cm³/mol. The molecular formula is C24H28N8O. The molecule has 9 nitrogen and oxygen atoms in total. The molecular weight excluding hydrogens is 416 g/mol. The molecule has 3 aromatic heterocycles. The van der Waals surface area contributed by atoms with Crippen LogP contribution >= 0.6 is 0 Å². The average molecular weight is 445 g/mol. The van der Waals surface area contributed by atoms with Crippen LogP contribution in [0.15, 0.2) is 36.9 Å². The summed E-state index contributed by atoms with van der Waals surface area (Å²) in [7, 11) is 0. The summed E-state index contributed by atoms with van der Waals surface area (Å²) in [6.45, 7) is 4.03. The SMILES string of the molecule is O=C(Nc1cc2cn(C3CCNCC3)nc2cc1N1CCCCC1)c1ccnc2nc[nH]c12. The van der Waals surface area contributed by atoms with Crippen LogP contribution in [0, 0.1) is 0 Å². The minimum atomic E-state index is -0.171. The highest BCUT2D eigenvalue weighted by molar-refractivity contribution is 6.12. The van der Waals surface area contributed by atoms with Crippen molar-refractivity contribution in [2.45, 2.75) is 38.1 Å². The lowest BCUT2D eigenvalue weighted by Gasteiger charge is -2.30. The number of hydrogen-bond donors (Lipinski definition) is 3. The molecule has 0 unspecified atom stereocenters. The molecule has 6 rings (SSSR count). The van der Waals surface area contributed by atoms with Crippen molar-refractivity contribution in [1.82, 2.24) is 30.0 Å². The third-order valence-corrected chi connectivity index (χ3v) is 6.84. The molecule has 170 valence electrons. The normalized spacial score (nSPS) is 17.6. The minimum Gasteiger partial charge on any atom is -0.370 e. The summed E-state index contributed by atoms with van der Waals surface area (Å²) in [5, 5.41) is 12.6. The van der Waals surface area contributed by atoms with Gasteiger partial charge in [-0.05, 0) is 63.4 Å². The number of hydrogen-bond acceptors (Lipinski definition) is 6. The number of carbonyl (C=O) groups excluding carboxylic acids is 1. The van der Waals surface area contributed by atoms with Gasteiger partial charge in [0.1, 0.15) is 0 Å². The van der Waals surface area contributed by atoms with E-state index in [0.717, 1.165) is 74.1 Å². The number of H-pyrrole nitrogens is 1. The number of nitrogens with one attached hydrogen (secondary N) is 3. The van der Waals surface area contributed by atoms with Gasteiger partial charge in [-0.1, -0.05) is 0 Å². The smallest absolute Gasteiger partial charge is 0.258 e. The molecule has 2 aliphatic rings. The molecule has 33 heavy (non-hydrogen) atoms. The van der Waals surface area contributed by atoms with Crippen LogP contribution in [0.2, 0.25) is 0 Å². The number of benzene rings is 1. The number of pyridine rings is 1. The van der Waals surface area contributed by atoms with Gasteiger partial charge in [-0.3, -0.25) is 9.48 Å². The number of carbonyl (C=O) groups is 1. The number of aromatic nitrogens is 5. The monoisotopic (exact) mass is 444 g/mol. The van der Waals surface area contributed by atoms with Crippen molar-refractivity contribution in [2.75, 3.05) is 36.4 Å². The molecule has 2 fully saturated rings. The maximum absolute atomic E-state index is 13.3. The van der Waals surface area contributed by atoms with Gasteiger partial charge in [0.25, 0.3) is 5.91 Å². The highest BCUT2D eigenvalue weighted by Gasteiger charge is 2.22. The van der Waals surface area contributed by atoms with Crippen LogP contribution < -0.4 is 15.5 Å². The number of rotatable bonds is 4. The molecule has 0 bridgehead atoms. The number of aromatic amines is 1. The number of fused-ring (bicyclic) bond motifs is 2. The fourth-order valence-electron chi connectivity index (χ4n) is 5.06. The number of nitrogens with zero attached hydrogens (tertiary/aromatic N) is 5. The van der Waals surface area contributed by atoms with Gasteiger partial charge in [0.05, 0.1) is 40.3 Å². The van der Waals surface area contributed by atoms with Crippen LogP contribution in [0.5, 0.6) is 0 Å². The summed E-state index contributed by atoms with van der Waals surface area (Å²) in [5.41, 5.74) is 4.57. The molecule has 4 aromatic rings. The second kappa shape index (κ2) is 8.47. The Balaban J connectivity index is 1.39. The standard InChI is InChI=1S/C24H28N8O/c33-24(18-6-9-26-23-22(18)27-15-28-23)29-20-12-16-14-32(17-4-7-25-8-5-17)30-19(16)13-21(20)31-10-2-1-3-11-31/h6,9,12-15,17,25H,1-5,7-8,10-11H2,(H,29,33)(H,26,27,28). The minimum absolute atomic E-state index is 0.171. The fraction of sp³-hybridized carbons (Fsp3) is 0.417. The van der Waals surface area contributed by atoms with Gasteiger partial charge in [0.15, 0.2) is 5.65 Å². The zero-order chi connectivity index (χ0) is 22.2. The Morgan fingerprint density at radius 3 is 2.79 bits per heavy atom. The van der Waals surface area contributed by atoms with E-state index >= 15 is 0 Å². The Kier molecular flexibility index (Phi) is 5.18. The lowest BCUT2D eigenvalue weighted by molar-refractivity contribution is 0.102. The molecule has 0 saturated carbocycles. The number of amides is 1. The summed E-state index contributed by atoms with van der Waals surface area (Å²) in [6, 6.07) is 6.37. The highest BCUT2D eigenvalue weighted by Crippen LogP contribution is 2.34. The molecule has 2 aliphatic heterocycles. The van der Waals surface area contributed by atoms with E-state index in [9.17, 15) is 4.79 Å². The topological polar surface area (TPSA) is 104 Å². The number of imidazole rings is 1. The van der Waals surface area contributed by atoms with E-state index in [2.05, 4.69) is 53.5 Å². The predicted octanol–water partition coefficient (Wildman–Crippen LogP) is 3.47. The number of anilines is 2. The van der Waals surface area contributed by atoms with Crippen molar-refractivity contribution in [3.8, 4) is 0 Å². The first kappa shape index (κ1) is 20.2. The Bertz CT molecular complexity index is 1300. The van der Waals surface area contributed by atoms with Gasteiger partial charge in [0, 0.05) is 30.9 Å². The molecule has 0 radical (unpaired) electrons. The summed E-state index contributed by atoms with van der Waals surface area (Å²) in [6.07, 6.45) is 11.0. The van der Waals surface area contributed by atoms with Gasteiger partial charge < -0.3 is 20.5 Å². The highest BCUT2D eigenvalue weighted by atomic mass is 16.1. The molecule has 9 heteroatoms. The zero-order valence-electron chi connectivity index (χ0n) is 18.5. The Hall–Kier alpha value is -3.46. The molecule has 0 aliphatic carbocycles. The van der Waals surface area contributed by atoms with Crippen LogP contribution in [0.1, 0.15) is 48.5 Å². The Labute approximate surface area is 191 Å². The second-order valence-corrected chi connectivity index (χ2v) is 8.98. The Morgan fingerprint density at radius 2 is 1.94 bits per heavy atom. The van der Waals surface area contributed by atoms with Crippen LogP contribution in [-0.4, -0.2) is 56.8 Å². The first-order valence-corrected chi connectivity index (χ1v) is 11.8. The third-order valence-electron chi connectivity index (χ3n) is 6.84. The van der Waals surface area contributed by atoms with E-state index in [1.165, 1.54) is 6.42 Å². The molecule has 5 heterocycles. The largest absolute Gasteiger partial charge is 0.370 e. The second-order valence-electron chi connectivity index (χ2n) is 8.98. The fourth-order valence-corrected chi connectivity index (χ4v) is 5.06. The van der Waals surface area contributed by atoms with Gasteiger partial charge in [-0.2, -0.15) is 5.10 Å². The van der Waals surface area contributed by atoms with Crippen molar-refractivity contribution in [3.05, 3.63) is 42.5 Å². The first-order valence-electron chi connectivity index (χ1n) is 11.8. The quantitative estimate of drug-likeness (QED) is 0.445. The summed E-state index contributed by atoms with van der Waals surface area (Å²) < 4.78 is 2.12. The number of piperidine rings is 2. The van der Waals surface area contributed by atoms with E-state index < -0.39 is 0 Å². The molecule has 0 atom stereocenters. The summed E-state index contributed by atoms with van der Waals surface area (Å²) >= 11 is 0. The van der Waals surface area contributed by atoms with Crippen molar-refractivity contribution in [2.24, 2.45) is 0 Å². The molecule has 1 amide bonds. The van der Waals surface area contributed by atoms with Crippen molar-refractivity contribution < 1.29 is 4.79 Å². The summed E-state index contributed by atoms with van der Waals surface area (Å²) in [4.78, 5) is 27.1. The van der Waals surface area contributed by atoms with Crippen molar-refractivity contribution in [1.29, 1.82) is 0 Å². The van der Waals surface area contributed by atoms with E-state index in [1.807, 2.05) is 0 Å². The summed E-state index contributed by atoms with van der Waals surface area (Å²) in [5.74, 6) is -0.171. The van der Waals surface area contributed by atoms with Crippen molar-refractivity contribution in [3.63, 3.8) is 0 Å². The van der Waals surface area contributed by atoms with Crippen LogP contribution in [0.3, 0.4) is 0 Å². The van der Waals surface area contributed by atoms with Gasteiger partial charge in [0.2, 0.25) is 0 Å². The van der Waals surface area contributed by atoms with E-state index in [1.54, 1.807) is 18.6 Å². The van der Waals surface area contributed by atoms with Crippen LogP contribution in [0.4, 0.5) is 11.4 Å². The van der Waals surface area contributed by atoms with Gasteiger partial charge >= 0.3 is 0 Å². The van der Waals surface area contributed by atoms with E-state index in [-0.39, 0.29) is 5.91 Å². The maximum Gasteiger partial charge on any atom is 0.258 e. The molecule has 3 N–H and O–H groups in total.